The van der Waals surface area contributed by atoms with Crippen molar-refractivity contribution in [2.24, 2.45) is 20.0 Å². The van der Waals surface area contributed by atoms with Gasteiger partial charge in [-0.3, -0.25) is 13.9 Å². The highest BCUT2D eigenvalue weighted by molar-refractivity contribution is 5.99. The first-order valence-electron chi connectivity index (χ1n) is 6.26. The number of hydrogen-bond acceptors (Lipinski definition) is 2. The molecule has 0 N–H and O–H groups in total. The van der Waals surface area contributed by atoms with E-state index in [4.69, 9.17) is 0 Å². The average molecular weight is 244 g/mol. The second-order valence-corrected chi connectivity index (χ2v) is 5.17. The average Bonchev–Trinajstić information content (AvgIpc) is 3.15. The number of aryl methyl sites for hydroxylation is 2. The van der Waals surface area contributed by atoms with Gasteiger partial charge < -0.3 is 0 Å². The van der Waals surface area contributed by atoms with Crippen LogP contribution in [0.15, 0.2) is 23.0 Å². The minimum Gasteiger partial charge on any atom is -0.295 e. The number of carbonyl (C=O) groups is 1. The topological polar surface area (TPSA) is 44.0 Å². The minimum atomic E-state index is -0.0585. The number of aromatic nitrogens is 2. The number of ketones is 1. The van der Waals surface area contributed by atoms with E-state index in [1.54, 1.807) is 23.2 Å². The zero-order chi connectivity index (χ0) is 12.9. The van der Waals surface area contributed by atoms with Gasteiger partial charge in [-0.2, -0.15) is 0 Å². The number of Topliss-reactive ketones (excluding diaryl/α,β-unsaturated/α-hetero) is 1. The lowest BCUT2D eigenvalue weighted by Crippen LogP contribution is -2.19. The first-order chi connectivity index (χ1) is 8.58. The van der Waals surface area contributed by atoms with Crippen LogP contribution in [-0.2, 0) is 14.1 Å². The summed E-state index contributed by atoms with van der Waals surface area (Å²) in [6.07, 6.45) is 3.00. The Balaban J connectivity index is 2.07. The smallest absolute Gasteiger partial charge is 0.295 e. The Hall–Kier alpha value is -1.84. The second-order valence-electron chi connectivity index (χ2n) is 5.17. The third-order valence-electron chi connectivity index (χ3n) is 3.76. The van der Waals surface area contributed by atoms with Crippen LogP contribution in [-0.4, -0.2) is 14.9 Å². The van der Waals surface area contributed by atoms with Crippen LogP contribution in [0.4, 0.5) is 0 Å². The molecule has 1 aliphatic carbocycles. The first-order valence-corrected chi connectivity index (χ1v) is 6.26. The van der Waals surface area contributed by atoms with Gasteiger partial charge in [-0.1, -0.05) is 0 Å². The molecule has 1 aromatic carbocycles. The van der Waals surface area contributed by atoms with E-state index in [0.29, 0.717) is 12.3 Å². The summed E-state index contributed by atoms with van der Waals surface area (Å²) in [5.41, 5.74) is 2.35. The molecule has 0 unspecified atom stereocenters. The van der Waals surface area contributed by atoms with E-state index in [1.807, 2.05) is 18.2 Å². The second kappa shape index (κ2) is 3.83. The van der Waals surface area contributed by atoms with Crippen LogP contribution in [0, 0.1) is 5.92 Å². The molecule has 0 amide bonds. The SMILES string of the molecule is Cn1c(=O)n(C)c2cc(C(=O)CC3CC3)ccc21. The zero-order valence-corrected chi connectivity index (χ0v) is 10.6. The van der Waals surface area contributed by atoms with Crippen LogP contribution in [0.5, 0.6) is 0 Å². The van der Waals surface area contributed by atoms with Gasteiger partial charge in [0.25, 0.3) is 0 Å². The van der Waals surface area contributed by atoms with E-state index < -0.39 is 0 Å². The first kappa shape index (κ1) is 11.3. The van der Waals surface area contributed by atoms with Crippen LogP contribution < -0.4 is 5.69 Å². The summed E-state index contributed by atoms with van der Waals surface area (Å²) in [5.74, 6) is 0.781. The molecular formula is C14H16N2O2. The van der Waals surface area contributed by atoms with Gasteiger partial charge in [-0.15, -0.1) is 0 Å². The Labute approximate surface area is 105 Å². The van der Waals surface area contributed by atoms with Gasteiger partial charge in [0.15, 0.2) is 5.78 Å². The number of fused-ring (bicyclic) bond motifs is 1. The molecule has 0 saturated heterocycles. The van der Waals surface area contributed by atoms with E-state index in [2.05, 4.69) is 0 Å². The van der Waals surface area contributed by atoms with E-state index in [1.165, 1.54) is 12.8 Å². The van der Waals surface area contributed by atoms with Gasteiger partial charge in [0, 0.05) is 26.1 Å². The van der Waals surface area contributed by atoms with Crippen molar-refractivity contribution in [3.8, 4) is 0 Å². The van der Waals surface area contributed by atoms with Gasteiger partial charge in [0.05, 0.1) is 11.0 Å². The van der Waals surface area contributed by atoms with Crippen molar-refractivity contribution in [2.45, 2.75) is 19.3 Å². The van der Waals surface area contributed by atoms with Crippen LogP contribution in [0.25, 0.3) is 11.0 Å². The third kappa shape index (κ3) is 1.68. The lowest BCUT2D eigenvalue weighted by atomic mass is 10.1. The largest absolute Gasteiger partial charge is 0.328 e. The Kier molecular flexibility index (Phi) is 2.40. The van der Waals surface area contributed by atoms with Crippen molar-refractivity contribution < 1.29 is 4.79 Å². The predicted molar refractivity (Wildman–Crippen MR) is 69.8 cm³/mol. The maximum atomic E-state index is 12.0. The van der Waals surface area contributed by atoms with E-state index in [-0.39, 0.29) is 11.5 Å². The molecule has 0 atom stereocenters. The molecule has 3 rings (SSSR count). The Bertz CT molecular complexity index is 690. The Morgan fingerprint density at radius 2 is 1.89 bits per heavy atom. The highest BCUT2D eigenvalue weighted by Crippen LogP contribution is 2.33. The fourth-order valence-electron chi connectivity index (χ4n) is 2.38. The van der Waals surface area contributed by atoms with Crippen LogP contribution in [0.2, 0.25) is 0 Å². The molecule has 0 bridgehead atoms. The number of imidazole rings is 1. The van der Waals surface area contributed by atoms with Crippen molar-refractivity contribution in [3.05, 3.63) is 34.2 Å². The van der Waals surface area contributed by atoms with Crippen molar-refractivity contribution in [1.82, 2.24) is 9.13 Å². The third-order valence-corrected chi connectivity index (χ3v) is 3.76. The van der Waals surface area contributed by atoms with Crippen molar-refractivity contribution >= 4 is 16.8 Å². The van der Waals surface area contributed by atoms with Crippen LogP contribution >= 0.6 is 0 Å². The summed E-state index contributed by atoms with van der Waals surface area (Å²) in [6, 6.07) is 5.52. The summed E-state index contributed by atoms with van der Waals surface area (Å²) >= 11 is 0. The molecule has 0 aliphatic heterocycles. The molecule has 94 valence electrons. The van der Waals surface area contributed by atoms with E-state index >= 15 is 0 Å². The van der Waals surface area contributed by atoms with E-state index in [0.717, 1.165) is 16.6 Å². The fourth-order valence-corrected chi connectivity index (χ4v) is 2.38. The zero-order valence-electron chi connectivity index (χ0n) is 10.6. The molecule has 1 aliphatic rings. The predicted octanol–water partition coefficient (Wildman–Crippen LogP) is 1.86. The van der Waals surface area contributed by atoms with Gasteiger partial charge in [0.2, 0.25) is 0 Å². The van der Waals surface area contributed by atoms with E-state index in [9.17, 15) is 9.59 Å². The molecule has 1 saturated carbocycles. The number of benzene rings is 1. The molecular weight excluding hydrogens is 228 g/mol. The normalized spacial score (nSPS) is 15.2. The van der Waals surface area contributed by atoms with Gasteiger partial charge in [-0.05, 0) is 37.0 Å². The Morgan fingerprint density at radius 1 is 1.22 bits per heavy atom. The van der Waals surface area contributed by atoms with Gasteiger partial charge in [-0.25, -0.2) is 4.79 Å². The highest BCUT2D eigenvalue weighted by atomic mass is 16.1. The Morgan fingerprint density at radius 3 is 2.56 bits per heavy atom. The molecule has 0 spiro atoms. The highest BCUT2D eigenvalue weighted by Gasteiger charge is 2.25. The lowest BCUT2D eigenvalue weighted by molar-refractivity contribution is 0.0976. The summed E-state index contributed by atoms with van der Waals surface area (Å²) in [5, 5.41) is 0. The van der Waals surface area contributed by atoms with Crippen LogP contribution in [0.3, 0.4) is 0 Å². The quantitative estimate of drug-likeness (QED) is 0.773. The number of carbonyl (C=O) groups excluding carboxylic acids is 1. The lowest BCUT2D eigenvalue weighted by Gasteiger charge is -2.01. The van der Waals surface area contributed by atoms with Gasteiger partial charge in [0.1, 0.15) is 0 Å². The monoisotopic (exact) mass is 244 g/mol. The maximum Gasteiger partial charge on any atom is 0.328 e. The van der Waals surface area contributed by atoms with Crippen molar-refractivity contribution in [2.75, 3.05) is 0 Å². The molecule has 1 aromatic heterocycles. The molecule has 0 radical (unpaired) electrons. The number of rotatable bonds is 3. The maximum absolute atomic E-state index is 12.0. The summed E-state index contributed by atoms with van der Waals surface area (Å²) in [4.78, 5) is 23.8. The van der Waals surface area contributed by atoms with Crippen molar-refractivity contribution in [1.29, 1.82) is 0 Å². The summed E-state index contributed by atoms with van der Waals surface area (Å²) < 4.78 is 3.19. The molecule has 4 nitrogen and oxygen atoms in total. The molecule has 4 heteroatoms. The van der Waals surface area contributed by atoms with Crippen LogP contribution in [0.1, 0.15) is 29.6 Å². The molecule has 1 heterocycles. The minimum absolute atomic E-state index is 0.0585. The molecule has 1 fully saturated rings. The van der Waals surface area contributed by atoms with Crippen molar-refractivity contribution in [3.63, 3.8) is 0 Å². The number of nitrogens with zero attached hydrogens (tertiary/aromatic N) is 2. The molecule has 18 heavy (non-hydrogen) atoms. The summed E-state index contributed by atoms with van der Waals surface area (Å²) in [7, 11) is 3.48. The standard InChI is InChI=1S/C14H16N2O2/c1-15-11-6-5-10(13(17)7-9-3-4-9)8-12(11)16(2)14(15)18/h5-6,8-9H,3-4,7H2,1-2H3. The molecule has 2 aromatic rings. The number of hydrogen-bond donors (Lipinski definition) is 0. The summed E-state index contributed by atoms with van der Waals surface area (Å²) in [6.45, 7) is 0. The van der Waals surface area contributed by atoms with Gasteiger partial charge >= 0.3 is 5.69 Å². The fraction of sp³-hybridized carbons (Fsp3) is 0.429.